The molecule has 0 radical (unpaired) electrons. The fraction of sp³-hybridized carbons (Fsp3) is 0.909. The minimum Gasteiger partial charge on any atom is -0.337 e. The van der Waals surface area contributed by atoms with Gasteiger partial charge in [-0.25, -0.2) is 0 Å². The minimum atomic E-state index is -3.84. The molecule has 0 rings (SSSR count). The molecule has 0 unspecified atom stereocenters. The van der Waals surface area contributed by atoms with Gasteiger partial charge in [-0.3, -0.25) is 4.55 Å². The smallest absolute Gasteiger partial charge is 0.337 e. The van der Waals surface area contributed by atoms with Crippen LogP contribution in [-0.4, -0.2) is 27.5 Å². The Hall–Kier alpha value is 0.724. The van der Waals surface area contributed by atoms with Crippen LogP contribution in [0.15, 0.2) is 0 Å². The Bertz CT molecular complexity index is 287. The van der Waals surface area contributed by atoms with E-state index in [0.717, 1.165) is 0 Å². The van der Waals surface area contributed by atoms with Gasteiger partial charge in [-0.05, 0) is 5.04 Å². The van der Waals surface area contributed by atoms with E-state index >= 15 is 0 Å². The second-order valence-corrected chi connectivity index (χ2v) is 11.9. The fourth-order valence-corrected chi connectivity index (χ4v) is 1.48. The third-order valence-corrected chi connectivity index (χ3v) is 6.92. The van der Waals surface area contributed by atoms with Crippen LogP contribution in [0.25, 0.3) is 0 Å². The van der Waals surface area contributed by atoms with Crippen LogP contribution >= 0.6 is 0 Å². The zero-order valence-corrected chi connectivity index (χ0v) is 14.6. The van der Waals surface area contributed by atoms with E-state index < -0.39 is 15.5 Å². The molecule has 0 saturated carbocycles. The number of hydrogen-bond donors (Lipinski definition) is 1. The normalized spacial score (nSPS) is 12.6. The molecule has 1 N–H and O–H groups in total. The van der Waals surface area contributed by atoms with E-state index in [2.05, 4.69) is 40.8 Å². The van der Waals surface area contributed by atoms with Crippen LogP contribution < -0.4 is 18.9 Å². The average Bonchev–Trinajstić information content (AvgIpc) is 1.75. The molecule has 0 saturated heterocycles. The van der Waals surface area contributed by atoms with Gasteiger partial charge < -0.3 is 6.92 Å². The van der Waals surface area contributed by atoms with Gasteiger partial charge in [0, 0.05) is 8.80 Å². The zero-order valence-electron chi connectivity index (χ0n) is 12.7. The van der Waals surface area contributed by atoms with Crippen molar-refractivity contribution in [2.24, 2.45) is 5.41 Å². The van der Waals surface area contributed by atoms with Crippen molar-refractivity contribution >= 4 is 18.9 Å². The Balaban J connectivity index is -0.000000224. The predicted octanol–water partition coefficient (Wildman–Crippen LogP) is 0.0117. The Morgan fingerprint density at radius 1 is 1.12 bits per heavy atom. The average molecular weight is 274 g/mol. The van der Waals surface area contributed by atoms with Crippen LogP contribution in [0.2, 0.25) is 18.1 Å². The molecule has 0 atom stereocenters. The molecule has 0 amide bonds. The topological polar surface area (TPSA) is 54.4 Å². The van der Waals surface area contributed by atoms with Gasteiger partial charge >= 0.3 is 18.9 Å². The molecule has 0 bridgehead atoms. The van der Waals surface area contributed by atoms with Gasteiger partial charge in [0.05, 0.1) is 5.75 Å². The van der Waals surface area contributed by atoms with E-state index in [4.69, 9.17) is 4.55 Å². The maximum Gasteiger partial charge on any atom is 1.00 e. The third kappa shape index (κ3) is 22.4. The van der Waals surface area contributed by atoms with Crippen LogP contribution in [0, 0.1) is 12.3 Å². The summed E-state index contributed by atoms with van der Waals surface area (Å²) >= 11 is 0. The molecule has 0 aromatic heterocycles. The first-order valence-electron chi connectivity index (χ1n) is 5.46. The molecule has 0 aromatic carbocycles. The van der Waals surface area contributed by atoms with Gasteiger partial charge in [0.2, 0.25) is 0 Å². The van der Waals surface area contributed by atoms with E-state index in [0.29, 0.717) is 5.04 Å². The van der Waals surface area contributed by atoms with Crippen LogP contribution in [0.4, 0.5) is 0 Å². The van der Waals surface area contributed by atoms with Gasteiger partial charge in [0.15, 0.2) is 0 Å². The molecule has 0 aromatic rings. The molecule has 0 heterocycles. The van der Waals surface area contributed by atoms with Crippen molar-refractivity contribution in [3.8, 4) is 0 Å². The summed E-state index contributed by atoms with van der Waals surface area (Å²) < 4.78 is 28.6. The summed E-state index contributed by atoms with van der Waals surface area (Å²) in [6.45, 7) is 18.5. The second-order valence-electron chi connectivity index (χ2n) is 6.41. The molecule has 17 heavy (non-hydrogen) atoms. The van der Waals surface area contributed by atoms with Crippen molar-refractivity contribution < 1.29 is 31.8 Å². The van der Waals surface area contributed by atoms with E-state index in [1.807, 2.05) is 0 Å². The summed E-state index contributed by atoms with van der Waals surface area (Å²) in [5, 5.41) is 0.639. The summed E-state index contributed by atoms with van der Waals surface area (Å²) in [5.74, 6) is -0.292. The molecule has 0 aliphatic carbocycles. The zero-order chi connectivity index (χ0) is 13.8. The van der Waals surface area contributed by atoms with Crippen LogP contribution in [-0.2, 0) is 10.1 Å². The Labute approximate surface area is 121 Å². The fourth-order valence-electron chi connectivity index (χ4n) is 0.494. The van der Waals surface area contributed by atoms with Gasteiger partial charge in [-0.15, -0.1) is 5.41 Å². The van der Waals surface area contributed by atoms with Crippen molar-refractivity contribution in [3.05, 3.63) is 6.92 Å². The van der Waals surface area contributed by atoms with Crippen LogP contribution in [0.1, 0.15) is 34.6 Å². The minimum absolute atomic E-state index is 0. The molecular weight excluding hydrogens is 247 g/mol. The first-order valence-corrected chi connectivity index (χ1v) is 9.95. The Morgan fingerprint density at radius 2 is 1.35 bits per heavy atom. The largest absolute Gasteiger partial charge is 1.00 e. The molecule has 100 valence electrons. The maximum absolute atomic E-state index is 10.2. The van der Waals surface area contributed by atoms with Gasteiger partial charge in [0.1, 0.15) is 0 Å². The van der Waals surface area contributed by atoms with Gasteiger partial charge in [0.25, 0.3) is 10.1 Å². The number of hydrogen-bond acceptors (Lipinski definition) is 2. The first kappa shape index (κ1) is 22.9. The standard InChI is InChI=1S/C6H16Si.C5H11O3S.Li/c1-6(2,3)7(4)5;1-5(2,3)4-9(6,7)8;/h7H,1-5H3;1,4H2,2-3H3,(H,6,7,8);/q;-1;+1. The summed E-state index contributed by atoms with van der Waals surface area (Å²) in [6.07, 6.45) is 0. The van der Waals surface area contributed by atoms with E-state index in [-0.39, 0.29) is 33.4 Å². The van der Waals surface area contributed by atoms with Crippen molar-refractivity contribution in [2.75, 3.05) is 5.75 Å². The van der Waals surface area contributed by atoms with Crippen molar-refractivity contribution in [2.45, 2.75) is 52.8 Å². The molecular formula is C11H27LiO3SSi. The van der Waals surface area contributed by atoms with Crippen LogP contribution in [0.5, 0.6) is 0 Å². The molecule has 0 fully saturated rings. The molecule has 0 aliphatic heterocycles. The summed E-state index contributed by atoms with van der Waals surface area (Å²) in [5.41, 5.74) is -0.604. The maximum atomic E-state index is 10.2. The summed E-state index contributed by atoms with van der Waals surface area (Å²) in [6, 6.07) is 0. The van der Waals surface area contributed by atoms with E-state index in [9.17, 15) is 8.42 Å². The monoisotopic (exact) mass is 274 g/mol. The molecule has 0 aliphatic rings. The van der Waals surface area contributed by atoms with Crippen molar-refractivity contribution in [1.29, 1.82) is 0 Å². The number of rotatable bonds is 2. The van der Waals surface area contributed by atoms with E-state index in [1.165, 1.54) is 0 Å². The molecule has 0 spiro atoms. The quantitative estimate of drug-likeness (QED) is 0.438. The van der Waals surface area contributed by atoms with Crippen molar-refractivity contribution in [3.63, 3.8) is 0 Å². The van der Waals surface area contributed by atoms with Crippen LogP contribution in [0.3, 0.4) is 0 Å². The predicted molar refractivity (Wildman–Crippen MR) is 74.1 cm³/mol. The van der Waals surface area contributed by atoms with E-state index in [1.54, 1.807) is 13.8 Å². The summed E-state index contributed by atoms with van der Waals surface area (Å²) in [7, 11) is -4.20. The Kier molecular flexibility index (Phi) is 10.8. The second kappa shape index (κ2) is 8.01. The first-order chi connectivity index (χ1) is 6.65. The SMILES string of the molecule is C[SiH](C)C(C)(C)C.[CH2-]C(C)(C)CS(=O)(=O)O.[Li+]. The third-order valence-electron chi connectivity index (χ3n) is 2.31. The molecule has 6 heteroatoms. The molecule has 3 nitrogen and oxygen atoms in total. The van der Waals surface area contributed by atoms with Gasteiger partial charge in [-0.1, -0.05) is 47.7 Å². The summed E-state index contributed by atoms with van der Waals surface area (Å²) in [4.78, 5) is 0. The Morgan fingerprint density at radius 3 is 1.35 bits per heavy atom. The van der Waals surface area contributed by atoms with Gasteiger partial charge in [-0.2, -0.15) is 8.42 Å². The van der Waals surface area contributed by atoms with Crippen molar-refractivity contribution in [1.82, 2.24) is 0 Å².